The molecule has 2 N–H and O–H groups in total. The molecule has 1 amide bonds. The van der Waals surface area contributed by atoms with Gasteiger partial charge in [0.15, 0.2) is 0 Å². The number of thiazole rings is 1. The maximum Gasteiger partial charge on any atom is 0.227 e. The molecule has 0 radical (unpaired) electrons. The van der Waals surface area contributed by atoms with Crippen molar-refractivity contribution in [3.05, 3.63) is 23.7 Å². The summed E-state index contributed by atoms with van der Waals surface area (Å²) in [6.45, 7) is 0. The van der Waals surface area contributed by atoms with E-state index in [9.17, 15) is 9.90 Å². The first-order valence-corrected chi connectivity index (χ1v) is 7.42. The van der Waals surface area contributed by atoms with Gasteiger partial charge in [0.05, 0.1) is 21.8 Å². The number of aromatic nitrogens is 1. The molecule has 3 rings (SSSR count). The molecular formula is C14H16N2O2S. The molecule has 1 aromatic heterocycles. The second kappa shape index (κ2) is 5.27. The Morgan fingerprint density at radius 3 is 2.89 bits per heavy atom. The molecule has 19 heavy (non-hydrogen) atoms. The smallest absolute Gasteiger partial charge is 0.227 e. The summed E-state index contributed by atoms with van der Waals surface area (Å²) in [6, 6.07) is 5.80. The maximum absolute atomic E-state index is 12.1. The molecule has 0 saturated heterocycles. The number of carbonyl (C=O) groups excluding carboxylic acids is 1. The standard InChI is InChI=1S/C14H16N2O2S/c17-11-4-1-9(2-5-11)14(18)16-10-3-6-13-12(7-10)15-8-19-13/h3,6-9,11,17H,1-2,4-5H2,(H,16,18). The number of aliphatic hydroxyl groups excluding tert-OH is 1. The van der Waals surface area contributed by atoms with E-state index < -0.39 is 0 Å². The van der Waals surface area contributed by atoms with Gasteiger partial charge in [-0.05, 0) is 43.9 Å². The Morgan fingerprint density at radius 1 is 1.32 bits per heavy atom. The summed E-state index contributed by atoms with van der Waals surface area (Å²) in [7, 11) is 0. The molecule has 2 aromatic rings. The van der Waals surface area contributed by atoms with Gasteiger partial charge in [-0.25, -0.2) is 4.98 Å². The number of rotatable bonds is 2. The summed E-state index contributed by atoms with van der Waals surface area (Å²) in [4.78, 5) is 16.4. The molecule has 0 aliphatic heterocycles. The molecule has 1 aliphatic rings. The third kappa shape index (κ3) is 2.77. The van der Waals surface area contributed by atoms with Crippen LogP contribution in [0.2, 0.25) is 0 Å². The Balaban J connectivity index is 1.68. The van der Waals surface area contributed by atoms with Gasteiger partial charge in [0.2, 0.25) is 5.91 Å². The number of carbonyl (C=O) groups is 1. The molecule has 0 bridgehead atoms. The number of aliphatic hydroxyl groups is 1. The van der Waals surface area contributed by atoms with Crippen molar-refractivity contribution in [3.8, 4) is 0 Å². The maximum atomic E-state index is 12.1. The molecule has 4 nitrogen and oxygen atoms in total. The Labute approximate surface area is 115 Å². The number of fused-ring (bicyclic) bond motifs is 1. The lowest BCUT2D eigenvalue weighted by Gasteiger charge is -2.24. The molecule has 0 spiro atoms. The van der Waals surface area contributed by atoms with Gasteiger partial charge < -0.3 is 10.4 Å². The van der Waals surface area contributed by atoms with Crippen molar-refractivity contribution in [1.82, 2.24) is 4.98 Å². The van der Waals surface area contributed by atoms with Crippen molar-refractivity contribution in [1.29, 1.82) is 0 Å². The van der Waals surface area contributed by atoms with Gasteiger partial charge in [0.1, 0.15) is 0 Å². The fourth-order valence-electron chi connectivity index (χ4n) is 2.52. The van der Waals surface area contributed by atoms with Crippen molar-refractivity contribution in [3.63, 3.8) is 0 Å². The van der Waals surface area contributed by atoms with Crippen LogP contribution in [0.4, 0.5) is 5.69 Å². The van der Waals surface area contributed by atoms with E-state index in [4.69, 9.17) is 0 Å². The number of nitrogens with zero attached hydrogens (tertiary/aromatic N) is 1. The zero-order valence-corrected chi connectivity index (χ0v) is 11.3. The van der Waals surface area contributed by atoms with Gasteiger partial charge in [-0.3, -0.25) is 4.79 Å². The lowest BCUT2D eigenvalue weighted by atomic mass is 9.87. The average Bonchev–Trinajstić information content (AvgIpc) is 2.87. The summed E-state index contributed by atoms with van der Waals surface area (Å²) in [6.07, 6.45) is 2.76. The van der Waals surface area contributed by atoms with Crippen LogP contribution in [0, 0.1) is 5.92 Å². The molecule has 0 atom stereocenters. The summed E-state index contributed by atoms with van der Waals surface area (Å²) >= 11 is 1.59. The minimum atomic E-state index is -0.226. The number of hydrogen-bond donors (Lipinski definition) is 2. The highest BCUT2D eigenvalue weighted by Crippen LogP contribution is 2.26. The van der Waals surface area contributed by atoms with E-state index >= 15 is 0 Å². The zero-order chi connectivity index (χ0) is 13.2. The van der Waals surface area contributed by atoms with Gasteiger partial charge in [-0.1, -0.05) is 0 Å². The first-order chi connectivity index (χ1) is 9.22. The topological polar surface area (TPSA) is 62.2 Å². The molecule has 1 aliphatic carbocycles. The second-order valence-electron chi connectivity index (χ2n) is 5.03. The van der Waals surface area contributed by atoms with Crippen LogP contribution in [0.25, 0.3) is 10.2 Å². The van der Waals surface area contributed by atoms with Crippen LogP contribution in [-0.2, 0) is 4.79 Å². The third-order valence-corrected chi connectivity index (χ3v) is 4.48. The Bertz CT molecular complexity index is 588. The van der Waals surface area contributed by atoms with E-state index in [2.05, 4.69) is 10.3 Å². The number of amides is 1. The second-order valence-corrected chi connectivity index (χ2v) is 5.92. The molecule has 1 aromatic carbocycles. The van der Waals surface area contributed by atoms with Crippen molar-refractivity contribution >= 4 is 33.1 Å². The molecule has 0 unspecified atom stereocenters. The molecule has 1 saturated carbocycles. The Kier molecular flexibility index (Phi) is 3.48. The van der Waals surface area contributed by atoms with E-state index in [1.807, 2.05) is 18.2 Å². The largest absolute Gasteiger partial charge is 0.393 e. The fraction of sp³-hybridized carbons (Fsp3) is 0.429. The Hall–Kier alpha value is -1.46. The predicted octanol–water partition coefficient (Wildman–Crippen LogP) is 2.79. The SMILES string of the molecule is O=C(Nc1ccc2scnc2c1)C1CCC(O)CC1. The third-order valence-electron chi connectivity index (χ3n) is 3.67. The monoisotopic (exact) mass is 276 g/mol. The molecule has 1 heterocycles. The first kappa shape index (κ1) is 12.6. The molecule has 5 heteroatoms. The minimum absolute atomic E-state index is 0.0227. The lowest BCUT2D eigenvalue weighted by molar-refractivity contribution is -0.121. The number of hydrogen-bond acceptors (Lipinski definition) is 4. The minimum Gasteiger partial charge on any atom is -0.393 e. The van der Waals surface area contributed by atoms with E-state index in [-0.39, 0.29) is 17.9 Å². The normalized spacial score (nSPS) is 23.4. The highest BCUT2D eigenvalue weighted by atomic mass is 32.1. The fourth-order valence-corrected chi connectivity index (χ4v) is 3.18. The molecule has 1 fully saturated rings. The number of anilines is 1. The van der Waals surface area contributed by atoms with Gasteiger partial charge in [0, 0.05) is 11.6 Å². The van der Waals surface area contributed by atoms with Crippen molar-refractivity contribution in [2.45, 2.75) is 31.8 Å². The van der Waals surface area contributed by atoms with Crippen molar-refractivity contribution in [2.75, 3.05) is 5.32 Å². The highest BCUT2D eigenvalue weighted by molar-refractivity contribution is 7.16. The van der Waals surface area contributed by atoms with Crippen molar-refractivity contribution in [2.24, 2.45) is 5.92 Å². The summed E-state index contributed by atoms with van der Waals surface area (Å²) in [5, 5.41) is 12.4. The summed E-state index contributed by atoms with van der Waals surface area (Å²) in [5.41, 5.74) is 3.52. The van der Waals surface area contributed by atoms with Crippen LogP contribution in [0.3, 0.4) is 0 Å². The van der Waals surface area contributed by atoms with Gasteiger partial charge >= 0.3 is 0 Å². The predicted molar refractivity (Wildman–Crippen MR) is 76.2 cm³/mol. The van der Waals surface area contributed by atoms with Gasteiger partial charge in [-0.15, -0.1) is 11.3 Å². The quantitative estimate of drug-likeness (QED) is 0.886. The van der Waals surface area contributed by atoms with Gasteiger partial charge in [0.25, 0.3) is 0 Å². The first-order valence-electron chi connectivity index (χ1n) is 6.54. The molecular weight excluding hydrogens is 260 g/mol. The van der Waals surface area contributed by atoms with E-state index in [0.29, 0.717) is 0 Å². The van der Waals surface area contributed by atoms with Gasteiger partial charge in [-0.2, -0.15) is 0 Å². The van der Waals surface area contributed by atoms with Crippen LogP contribution in [0.1, 0.15) is 25.7 Å². The van der Waals surface area contributed by atoms with Crippen LogP contribution in [-0.4, -0.2) is 22.1 Å². The highest BCUT2D eigenvalue weighted by Gasteiger charge is 2.25. The van der Waals surface area contributed by atoms with Crippen LogP contribution in [0.5, 0.6) is 0 Å². The van der Waals surface area contributed by atoms with Crippen molar-refractivity contribution < 1.29 is 9.90 Å². The van der Waals surface area contributed by atoms with Crippen LogP contribution in [0.15, 0.2) is 23.7 Å². The van der Waals surface area contributed by atoms with E-state index in [0.717, 1.165) is 41.6 Å². The average molecular weight is 276 g/mol. The summed E-state index contributed by atoms with van der Waals surface area (Å²) < 4.78 is 1.12. The summed E-state index contributed by atoms with van der Waals surface area (Å²) in [5.74, 6) is 0.0796. The Morgan fingerprint density at radius 2 is 2.11 bits per heavy atom. The number of benzene rings is 1. The van der Waals surface area contributed by atoms with E-state index in [1.54, 1.807) is 16.8 Å². The lowest BCUT2D eigenvalue weighted by Crippen LogP contribution is -2.28. The zero-order valence-electron chi connectivity index (χ0n) is 10.5. The van der Waals surface area contributed by atoms with Crippen LogP contribution < -0.4 is 5.32 Å². The number of nitrogens with one attached hydrogen (secondary N) is 1. The van der Waals surface area contributed by atoms with Crippen LogP contribution >= 0.6 is 11.3 Å². The molecule has 100 valence electrons. The van der Waals surface area contributed by atoms with E-state index in [1.165, 1.54) is 0 Å².